The predicted molar refractivity (Wildman–Crippen MR) is 215 cm³/mol. The smallest absolute Gasteiger partial charge is 0.227 e. The summed E-state index contributed by atoms with van der Waals surface area (Å²) < 4.78 is 0. The minimum Gasteiger partial charge on any atom is -0.392 e. The maximum Gasteiger partial charge on any atom is 0.227 e. The molecule has 2 aliphatic carbocycles. The van der Waals surface area contributed by atoms with Crippen LogP contribution in [-0.4, -0.2) is 142 Å². The van der Waals surface area contributed by atoms with Crippen LogP contribution in [0.5, 0.6) is 0 Å². The molecular formula is C40H54Cl4N6O4. The Morgan fingerprint density at radius 2 is 1.02 bits per heavy atom. The molecule has 2 amide bonds. The van der Waals surface area contributed by atoms with Gasteiger partial charge < -0.3 is 30.6 Å². The number of halogens is 4. The molecule has 0 radical (unpaired) electrons. The quantitative estimate of drug-likeness (QED) is 0.334. The molecule has 7 unspecified atom stereocenters. The van der Waals surface area contributed by atoms with Gasteiger partial charge in [0.05, 0.1) is 57.2 Å². The van der Waals surface area contributed by atoms with Crippen LogP contribution in [-0.2, 0) is 22.4 Å². The monoisotopic (exact) mass is 822 g/mol. The number of likely N-dealkylation sites (tertiary alicyclic amines) is 2. The number of aliphatic hydroxyl groups excluding tert-OH is 2. The van der Waals surface area contributed by atoms with Crippen molar-refractivity contribution < 1.29 is 19.8 Å². The summed E-state index contributed by atoms with van der Waals surface area (Å²) in [6.45, 7) is 6.43. The second-order valence-electron chi connectivity index (χ2n) is 16.0. The van der Waals surface area contributed by atoms with E-state index in [9.17, 15) is 19.8 Å². The molecule has 0 bridgehead atoms. The second-order valence-corrected chi connectivity index (χ2v) is 17.6. The summed E-state index contributed by atoms with van der Waals surface area (Å²) in [6, 6.07) is 12.5. The molecule has 0 aromatic heterocycles. The van der Waals surface area contributed by atoms with Crippen molar-refractivity contribution in [3.63, 3.8) is 0 Å². The normalized spacial score (nSPS) is 31.7. The number of carbonyl (C=O) groups is 2. The lowest BCUT2D eigenvalue weighted by Crippen LogP contribution is -2.68. The number of aliphatic hydroxyl groups is 2. The van der Waals surface area contributed by atoms with Crippen LogP contribution in [0, 0.1) is 0 Å². The van der Waals surface area contributed by atoms with Crippen molar-refractivity contribution >= 4 is 58.2 Å². The summed E-state index contributed by atoms with van der Waals surface area (Å²) in [5.41, 5.74) is 1.79. The molecule has 14 heteroatoms. The van der Waals surface area contributed by atoms with Gasteiger partial charge in [-0.1, -0.05) is 71.4 Å². The number of fused-ring (bicyclic) bond motifs is 2. The number of piperazine rings is 2. The van der Waals surface area contributed by atoms with Gasteiger partial charge >= 0.3 is 0 Å². The van der Waals surface area contributed by atoms with Crippen LogP contribution in [0.2, 0.25) is 20.1 Å². The average Bonchev–Trinajstić information content (AvgIpc) is 3.81. The van der Waals surface area contributed by atoms with E-state index in [1.807, 2.05) is 12.1 Å². The first kappa shape index (κ1) is 40.5. The van der Waals surface area contributed by atoms with Crippen LogP contribution in [0.1, 0.15) is 62.5 Å². The molecule has 296 valence electrons. The highest BCUT2D eigenvalue weighted by Crippen LogP contribution is 2.34. The molecule has 4 saturated heterocycles. The van der Waals surface area contributed by atoms with E-state index in [0.717, 1.165) is 102 Å². The third-order valence-corrected chi connectivity index (χ3v) is 14.0. The number of hydrogen-bond donors (Lipinski definition) is 4. The Morgan fingerprint density at radius 1 is 0.593 bits per heavy atom. The van der Waals surface area contributed by atoms with E-state index >= 15 is 0 Å². The van der Waals surface area contributed by atoms with Gasteiger partial charge in [0.25, 0.3) is 0 Å². The zero-order valence-corrected chi connectivity index (χ0v) is 33.8. The molecule has 8 atom stereocenters. The van der Waals surface area contributed by atoms with Crippen molar-refractivity contribution in [2.45, 2.75) is 113 Å². The van der Waals surface area contributed by atoms with Crippen molar-refractivity contribution in [3.05, 3.63) is 67.6 Å². The maximum atomic E-state index is 13.2. The van der Waals surface area contributed by atoms with E-state index in [2.05, 4.69) is 30.2 Å². The number of nitrogens with zero attached hydrogens (tertiary/aromatic N) is 4. The van der Waals surface area contributed by atoms with Gasteiger partial charge in [-0.3, -0.25) is 19.4 Å². The van der Waals surface area contributed by atoms with Crippen LogP contribution < -0.4 is 10.6 Å². The average molecular weight is 825 g/mol. The summed E-state index contributed by atoms with van der Waals surface area (Å²) in [4.78, 5) is 35.4. The molecule has 6 aliphatic rings. The number of carbonyl (C=O) groups excluding carboxylic acids is 2. The minimum atomic E-state index is -0.234. The Hall–Kier alpha value is -1.70. The molecule has 0 spiro atoms. The van der Waals surface area contributed by atoms with E-state index in [0.29, 0.717) is 57.1 Å². The fourth-order valence-corrected chi connectivity index (χ4v) is 10.7. The highest BCUT2D eigenvalue weighted by molar-refractivity contribution is 6.42. The van der Waals surface area contributed by atoms with Crippen LogP contribution in [0.15, 0.2) is 36.4 Å². The van der Waals surface area contributed by atoms with Gasteiger partial charge in [0, 0.05) is 76.5 Å². The van der Waals surface area contributed by atoms with E-state index in [4.69, 9.17) is 46.4 Å². The molecular weight excluding hydrogens is 770 g/mol. The fraction of sp³-hybridized carbons (Fsp3) is 0.650. The molecule has 8 rings (SSSR count). The Balaban J connectivity index is 0.000000167. The molecule has 2 aromatic carbocycles. The first-order valence-corrected chi connectivity index (χ1v) is 21.3. The van der Waals surface area contributed by atoms with Crippen LogP contribution in [0.25, 0.3) is 0 Å². The fourth-order valence-electron chi connectivity index (χ4n) is 10.0. The van der Waals surface area contributed by atoms with Crippen molar-refractivity contribution in [1.82, 2.24) is 30.2 Å². The number of β-amino-alcohol motifs (C(OH)–C–C–N with tert-alkyl or cyclic N) is 2. The predicted octanol–water partition coefficient (Wildman–Crippen LogP) is 4.65. The summed E-state index contributed by atoms with van der Waals surface area (Å²) >= 11 is 24.2. The third-order valence-electron chi connectivity index (χ3n) is 12.5. The summed E-state index contributed by atoms with van der Waals surface area (Å²) in [5, 5.41) is 29.2. The van der Waals surface area contributed by atoms with E-state index in [-0.39, 0.29) is 36.1 Å². The standard InChI is InChI=1S/2C20H27Cl2N3O2/c2*21-15-5-4-13(10-16(15)22)11-19(27)25-9-7-23-17-2-1-3-18(20(17)25)24-8-6-14(26)12-24/h2*4-5,10,14,17-18,20,23,26H,1-3,6-9,11-12H2/t14-,17?,18?,20?;/m0./s1. The Labute approximate surface area is 339 Å². The largest absolute Gasteiger partial charge is 0.392 e. The number of nitrogens with one attached hydrogen (secondary N) is 2. The topological polar surface area (TPSA) is 112 Å². The molecule has 4 N–H and O–H groups in total. The lowest BCUT2D eigenvalue weighted by molar-refractivity contribution is -0.138. The van der Waals surface area contributed by atoms with E-state index < -0.39 is 0 Å². The van der Waals surface area contributed by atoms with Gasteiger partial charge in [0.2, 0.25) is 11.8 Å². The number of benzene rings is 2. The summed E-state index contributed by atoms with van der Waals surface area (Å²) in [6.07, 6.45) is 8.60. The van der Waals surface area contributed by atoms with Gasteiger partial charge in [-0.15, -0.1) is 0 Å². The molecule has 4 heterocycles. The lowest BCUT2D eigenvalue weighted by Gasteiger charge is -2.51. The third kappa shape index (κ3) is 9.36. The molecule has 4 aliphatic heterocycles. The summed E-state index contributed by atoms with van der Waals surface area (Å²) in [7, 11) is 0. The van der Waals surface area contributed by atoms with Gasteiger partial charge in [-0.2, -0.15) is 0 Å². The zero-order chi connectivity index (χ0) is 37.9. The van der Waals surface area contributed by atoms with E-state index in [1.165, 1.54) is 12.8 Å². The maximum absolute atomic E-state index is 13.2. The first-order chi connectivity index (χ1) is 26.0. The van der Waals surface area contributed by atoms with Crippen LogP contribution >= 0.6 is 46.4 Å². The van der Waals surface area contributed by atoms with Crippen molar-refractivity contribution in [2.24, 2.45) is 0 Å². The van der Waals surface area contributed by atoms with Gasteiger partial charge in [0.15, 0.2) is 0 Å². The second kappa shape index (κ2) is 18.3. The molecule has 2 saturated carbocycles. The summed E-state index contributed by atoms with van der Waals surface area (Å²) in [5.74, 6) is 0.299. The first-order valence-electron chi connectivity index (χ1n) is 19.8. The number of amides is 2. The van der Waals surface area contributed by atoms with E-state index in [1.54, 1.807) is 24.3 Å². The van der Waals surface area contributed by atoms with Crippen molar-refractivity contribution in [2.75, 3.05) is 52.4 Å². The zero-order valence-electron chi connectivity index (χ0n) is 30.8. The molecule has 54 heavy (non-hydrogen) atoms. The Kier molecular flexibility index (Phi) is 13.7. The Morgan fingerprint density at radius 3 is 1.39 bits per heavy atom. The van der Waals surface area contributed by atoms with Crippen molar-refractivity contribution in [3.8, 4) is 0 Å². The SMILES string of the molecule is O=C(Cc1ccc(Cl)c(Cl)c1)N1CCNC2CCCC(N3CCC(O)C3)C21.O=C(Cc1ccc(Cl)c(Cl)c1)N1CCNC2CCCC(N3CC[C@H](O)C3)C21. The lowest BCUT2D eigenvalue weighted by atomic mass is 9.82. The molecule has 6 fully saturated rings. The molecule has 10 nitrogen and oxygen atoms in total. The highest BCUT2D eigenvalue weighted by atomic mass is 35.5. The molecule has 2 aromatic rings. The van der Waals surface area contributed by atoms with Crippen LogP contribution in [0.3, 0.4) is 0 Å². The highest BCUT2D eigenvalue weighted by Gasteiger charge is 2.46. The van der Waals surface area contributed by atoms with Crippen LogP contribution in [0.4, 0.5) is 0 Å². The minimum absolute atomic E-state index is 0.150. The van der Waals surface area contributed by atoms with Gasteiger partial charge in [-0.25, -0.2) is 0 Å². The Bertz CT molecular complexity index is 1520. The van der Waals surface area contributed by atoms with Crippen molar-refractivity contribution in [1.29, 1.82) is 0 Å². The number of rotatable bonds is 6. The number of hydrogen-bond acceptors (Lipinski definition) is 8. The van der Waals surface area contributed by atoms with Gasteiger partial charge in [0.1, 0.15) is 0 Å². The van der Waals surface area contributed by atoms with Gasteiger partial charge in [-0.05, 0) is 73.9 Å².